The van der Waals surface area contributed by atoms with Gasteiger partial charge in [0.25, 0.3) is 0 Å². The minimum absolute atomic E-state index is 0.0702. The highest BCUT2D eigenvalue weighted by molar-refractivity contribution is 6.36. The lowest BCUT2D eigenvalue weighted by atomic mass is 9.77. The number of halogens is 2. The van der Waals surface area contributed by atoms with Crippen LogP contribution in [0.3, 0.4) is 0 Å². The molecule has 0 amide bonds. The van der Waals surface area contributed by atoms with Crippen molar-refractivity contribution in [2.75, 3.05) is 0 Å². The van der Waals surface area contributed by atoms with E-state index in [4.69, 9.17) is 28.9 Å². The predicted molar refractivity (Wildman–Crippen MR) is 90.1 cm³/mol. The Hall–Kier alpha value is -1.02. The fraction of sp³-hybridized carbons (Fsp3) is 0.333. The Bertz CT molecular complexity index is 615. The van der Waals surface area contributed by atoms with Gasteiger partial charge in [-0.1, -0.05) is 60.0 Å². The van der Waals surface area contributed by atoms with Gasteiger partial charge < -0.3 is 5.73 Å². The number of hydrogen-bond donors (Lipinski definition) is 1. The molecule has 21 heavy (non-hydrogen) atoms. The fourth-order valence-corrected chi connectivity index (χ4v) is 3.55. The molecule has 1 saturated carbocycles. The zero-order chi connectivity index (χ0) is 14.8. The lowest BCUT2D eigenvalue weighted by Gasteiger charge is -2.29. The smallest absolute Gasteiger partial charge is 0.0453 e. The van der Waals surface area contributed by atoms with Crippen LogP contribution in [0.25, 0.3) is 0 Å². The van der Waals surface area contributed by atoms with Crippen LogP contribution in [0.1, 0.15) is 47.9 Å². The molecule has 1 aliphatic carbocycles. The van der Waals surface area contributed by atoms with Crippen LogP contribution in [0.2, 0.25) is 10.0 Å². The van der Waals surface area contributed by atoms with Gasteiger partial charge in [0, 0.05) is 16.1 Å². The summed E-state index contributed by atoms with van der Waals surface area (Å²) in [6.07, 6.45) is 4.54. The van der Waals surface area contributed by atoms with Gasteiger partial charge in [-0.3, -0.25) is 0 Å². The summed E-state index contributed by atoms with van der Waals surface area (Å²) in [4.78, 5) is 0. The number of rotatable bonds is 4. The molecule has 0 aliphatic heterocycles. The van der Waals surface area contributed by atoms with Crippen LogP contribution in [0.5, 0.6) is 0 Å². The Morgan fingerprint density at radius 1 is 1.00 bits per heavy atom. The van der Waals surface area contributed by atoms with Gasteiger partial charge in [-0.15, -0.1) is 0 Å². The first-order valence-electron chi connectivity index (χ1n) is 7.44. The standard InChI is InChI=1S/C18H19Cl2N/c19-16-9-4-10-17(20)15(16)11-18(21)14-8-2-1-7-13(14)12-5-3-6-12/h1-2,4,7-10,12,18H,3,5-6,11,21H2. The minimum atomic E-state index is -0.0702. The lowest BCUT2D eigenvalue weighted by Crippen LogP contribution is -2.19. The van der Waals surface area contributed by atoms with Crippen LogP contribution in [0, 0.1) is 0 Å². The maximum Gasteiger partial charge on any atom is 0.0453 e. The third-order valence-electron chi connectivity index (χ3n) is 4.43. The van der Waals surface area contributed by atoms with Crippen LogP contribution in [-0.2, 0) is 6.42 Å². The van der Waals surface area contributed by atoms with E-state index in [1.807, 2.05) is 18.2 Å². The van der Waals surface area contributed by atoms with Crippen molar-refractivity contribution >= 4 is 23.2 Å². The van der Waals surface area contributed by atoms with Gasteiger partial charge in [0.2, 0.25) is 0 Å². The maximum absolute atomic E-state index is 6.46. The number of benzene rings is 2. The van der Waals surface area contributed by atoms with Crippen molar-refractivity contribution in [3.05, 3.63) is 69.2 Å². The highest BCUT2D eigenvalue weighted by atomic mass is 35.5. The van der Waals surface area contributed by atoms with Crippen LogP contribution < -0.4 is 5.73 Å². The van der Waals surface area contributed by atoms with Crippen molar-refractivity contribution in [1.29, 1.82) is 0 Å². The second kappa shape index (κ2) is 6.39. The summed E-state index contributed by atoms with van der Waals surface area (Å²) in [7, 11) is 0. The first-order valence-corrected chi connectivity index (χ1v) is 8.19. The summed E-state index contributed by atoms with van der Waals surface area (Å²) >= 11 is 12.5. The molecule has 110 valence electrons. The molecule has 1 fully saturated rings. The van der Waals surface area contributed by atoms with E-state index in [1.165, 1.54) is 30.4 Å². The molecular formula is C18H19Cl2N. The lowest BCUT2D eigenvalue weighted by molar-refractivity contribution is 0.415. The zero-order valence-electron chi connectivity index (χ0n) is 11.9. The third kappa shape index (κ3) is 3.11. The van der Waals surface area contributed by atoms with E-state index < -0.39 is 0 Å². The van der Waals surface area contributed by atoms with E-state index in [1.54, 1.807) is 0 Å². The minimum Gasteiger partial charge on any atom is -0.324 e. The zero-order valence-corrected chi connectivity index (χ0v) is 13.4. The van der Waals surface area contributed by atoms with Crippen molar-refractivity contribution in [3.8, 4) is 0 Å². The third-order valence-corrected chi connectivity index (χ3v) is 5.13. The van der Waals surface area contributed by atoms with Crippen molar-refractivity contribution < 1.29 is 0 Å². The molecule has 1 nitrogen and oxygen atoms in total. The molecule has 2 aromatic rings. The summed E-state index contributed by atoms with van der Waals surface area (Å²) in [5.74, 6) is 0.675. The monoisotopic (exact) mass is 319 g/mol. The average molecular weight is 320 g/mol. The molecule has 1 atom stereocenters. The molecule has 0 bridgehead atoms. The van der Waals surface area contributed by atoms with Gasteiger partial charge in [-0.05, 0) is 54.0 Å². The fourth-order valence-electron chi connectivity index (χ4n) is 3.00. The maximum atomic E-state index is 6.46. The first kappa shape index (κ1) is 14.9. The summed E-state index contributed by atoms with van der Waals surface area (Å²) in [5, 5.41) is 1.39. The Kier molecular flexibility index (Phi) is 4.54. The number of nitrogens with two attached hydrogens (primary N) is 1. The average Bonchev–Trinajstić information content (AvgIpc) is 2.42. The first-order chi connectivity index (χ1) is 10.2. The topological polar surface area (TPSA) is 26.0 Å². The molecule has 1 unspecified atom stereocenters. The molecule has 0 radical (unpaired) electrons. The van der Waals surface area contributed by atoms with Crippen LogP contribution in [0.15, 0.2) is 42.5 Å². The molecule has 3 rings (SSSR count). The van der Waals surface area contributed by atoms with E-state index in [9.17, 15) is 0 Å². The summed E-state index contributed by atoms with van der Waals surface area (Å²) in [6.45, 7) is 0. The van der Waals surface area contributed by atoms with Gasteiger partial charge >= 0.3 is 0 Å². The molecular weight excluding hydrogens is 301 g/mol. The molecule has 0 aromatic heterocycles. The normalized spacial score (nSPS) is 16.5. The molecule has 0 spiro atoms. The van der Waals surface area contributed by atoms with Gasteiger partial charge in [0.1, 0.15) is 0 Å². The molecule has 3 heteroatoms. The highest BCUT2D eigenvalue weighted by Gasteiger charge is 2.24. The highest BCUT2D eigenvalue weighted by Crippen LogP contribution is 2.40. The van der Waals surface area contributed by atoms with Gasteiger partial charge in [-0.2, -0.15) is 0 Å². The molecule has 2 N–H and O–H groups in total. The van der Waals surface area contributed by atoms with Gasteiger partial charge in [-0.25, -0.2) is 0 Å². The SMILES string of the molecule is NC(Cc1c(Cl)cccc1Cl)c1ccccc1C1CCC1. The van der Waals surface area contributed by atoms with E-state index in [2.05, 4.69) is 24.3 Å². The van der Waals surface area contributed by atoms with Gasteiger partial charge in [0.15, 0.2) is 0 Å². The predicted octanol–water partition coefficient (Wildman–Crippen LogP) is 5.50. The molecule has 0 saturated heterocycles. The summed E-state index contributed by atoms with van der Waals surface area (Å²) < 4.78 is 0. The second-order valence-electron chi connectivity index (χ2n) is 5.77. The van der Waals surface area contributed by atoms with E-state index in [-0.39, 0.29) is 6.04 Å². The van der Waals surface area contributed by atoms with Crippen molar-refractivity contribution in [2.24, 2.45) is 5.73 Å². The van der Waals surface area contributed by atoms with Crippen molar-refractivity contribution in [2.45, 2.75) is 37.6 Å². The van der Waals surface area contributed by atoms with Crippen LogP contribution >= 0.6 is 23.2 Å². The van der Waals surface area contributed by atoms with Crippen LogP contribution in [-0.4, -0.2) is 0 Å². The Labute approximate surface area is 136 Å². The summed E-state index contributed by atoms with van der Waals surface area (Å²) in [5.41, 5.74) is 10.0. The Morgan fingerprint density at radius 2 is 1.67 bits per heavy atom. The summed E-state index contributed by atoms with van der Waals surface area (Å²) in [6, 6.07) is 14.1. The van der Waals surface area contributed by atoms with E-state index in [0.717, 1.165) is 5.56 Å². The molecule has 1 aliphatic rings. The largest absolute Gasteiger partial charge is 0.324 e. The van der Waals surface area contributed by atoms with Crippen molar-refractivity contribution in [3.63, 3.8) is 0 Å². The molecule has 0 heterocycles. The van der Waals surface area contributed by atoms with Crippen molar-refractivity contribution in [1.82, 2.24) is 0 Å². The Balaban J connectivity index is 1.87. The quantitative estimate of drug-likeness (QED) is 0.790. The van der Waals surface area contributed by atoms with E-state index >= 15 is 0 Å². The van der Waals surface area contributed by atoms with E-state index in [0.29, 0.717) is 22.4 Å². The van der Waals surface area contributed by atoms with Crippen LogP contribution in [0.4, 0.5) is 0 Å². The number of hydrogen-bond acceptors (Lipinski definition) is 1. The Morgan fingerprint density at radius 3 is 2.29 bits per heavy atom. The second-order valence-corrected chi connectivity index (χ2v) is 6.58. The van der Waals surface area contributed by atoms with Gasteiger partial charge in [0.05, 0.1) is 0 Å². The molecule has 2 aromatic carbocycles.